The molecule has 0 aliphatic rings. The molecule has 1 heterocycles. The van der Waals surface area contributed by atoms with Crippen molar-refractivity contribution in [3.63, 3.8) is 0 Å². The van der Waals surface area contributed by atoms with Crippen LogP contribution in [0.1, 0.15) is 0 Å². The van der Waals surface area contributed by atoms with Crippen LogP contribution in [0.4, 0.5) is 0 Å². The normalized spacial score (nSPS) is 9.56. The third kappa shape index (κ3) is 1.26. The molecule has 0 spiro atoms. The number of hydrogen-bond acceptors (Lipinski definition) is 1. The van der Waals surface area contributed by atoms with Crippen LogP contribution in [0.3, 0.4) is 0 Å². The van der Waals surface area contributed by atoms with E-state index in [0.29, 0.717) is 0 Å². The first-order valence-corrected chi connectivity index (χ1v) is 3.00. The highest BCUT2D eigenvalue weighted by Gasteiger charge is 1.97. The van der Waals surface area contributed by atoms with Crippen molar-refractivity contribution in [2.45, 2.75) is 0 Å². The number of pyridine rings is 1. The Hall–Kier alpha value is -0.470. The first-order chi connectivity index (χ1) is 4.22. The van der Waals surface area contributed by atoms with E-state index in [9.17, 15) is 4.79 Å². The SMILES string of the molecule is O=c1[nH]ccc(Cl)c1Cl. The summed E-state index contributed by atoms with van der Waals surface area (Å²) >= 11 is 10.9. The van der Waals surface area contributed by atoms with Crippen LogP contribution in [0.25, 0.3) is 0 Å². The zero-order chi connectivity index (χ0) is 6.85. The monoisotopic (exact) mass is 163 g/mol. The van der Waals surface area contributed by atoms with E-state index < -0.39 is 0 Å². The largest absolute Gasteiger partial charge is 0.328 e. The quantitative estimate of drug-likeness (QED) is 0.621. The lowest BCUT2D eigenvalue weighted by molar-refractivity contribution is 1.24. The molecular formula is C5H3Cl2NO. The van der Waals surface area contributed by atoms with Gasteiger partial charge in [0.1, 0.15) is 5.02 Å². The van der Waals surface area contributed by atoms with Crippen LogP contribution < -0.4 is 5.56 Å². The number of hydrogen-bond donors (Lipinski definition) is 1. The van der Waals surface area contributed by atoms with Gasteiger partial charge in [-0.15, -0.1) is 0 Å². The lowest BCUT2D eigenvalue weighted by Gasteiger charge is -1.88. The van der Waals surface area contributed by atoms with E-state index >= 15 is 0 Å². The van der Waals surface area contributed by atoms with Crippen molar-refractivity contribution in [1.82, 2.24) is 4.98 Å². The molecular weight excluding hydrogens is 161 g/mol. The molecule has 0 saturated heterocycles. The second-order valence-corrected chi connectivity index (χ2v) is 2.25. The predicted molar refractivity (Wildman–Crippen MR) is 37.1 cm³/mol. The van der Waals surface area contributed by atoms with Gasteiger partial charge < -0.3 is 4.98 Å². The topological polar surface area (TPSA) is 32.9 Å². The fourth-order valence-electron chi connectivity index (χ4n) is 0.436. The maximum Gasteiger partial charge on any atom is 0.268 e. The molecule has 4 heteroatoms. The number of H-pyrrole nitrogens is 1. The summed E-state index contributed by atoms with van der Waals surface area (Å²) in [6, 6.07) is 1.52. The lowest BCUT2D eigenvalue weighted by atomic mass is 10.5. The summed E-state index contributed by atoms with van der Waals surface area (Å²) in [6.07, 6.45) is 1.44. The Balaban J connectivity index is 3.43. The highest BCUT2D eigenvalue weighted by Crippen LogP contribution is 2.14. The molecule has 0 fully saturated rings. The van der Waals surface area contributed by atoms with Gasteiger partial charge in [-0.3, -0.25) is 4.79 Å². The van der Waals surface area contributed by atoms with Gasteiger partial charge >= 0.3 is 0 Å². The van der Waals surface area contributed by atoms with E-state index in [1.54, 1.807) is 0 Å². The van der Waals surface area contributed by atoms with Crippen LogP contribution in [0.2, 0.25) is 10.0 Å². The summed E-state index contributed by atoms with van der Waals surface area (Å²) in [6.45, 7) is 0. The minimum absolute atomic E-state index is 0.0409. The van der Waals surface area contributed by atoms with Gasteiger partial charge in [0.25, 0.3) is 5.56 Å². The molecule has 1 N–H and O–H groups in total. The highest BCUT2D eigenvalue weighted by atomic mass is 35.5. The molecule has 0 unspecified atom stereocenters. The van der Waals surface area contributed by atoms with Crippen molar-refractivity contribution in [3.05, 3.63) is 32.7 Å². The van der Waals surface area contributed by atoms with Crippen LogP contribution in [0.5, 0.6) is 0 Å². The Morgan fingerprint density at radius 2 is 2.11 bits per heavy atom. The van der Waals surface area contributed by atoms with Crippen molar-refractivity contribution in [2.75, 3.05) is 0 Å². The summed E-state index contributed by atoms with van der Waals surface area (Å²) < 4.78 is 0. The van der Waals surface area contributed by atoms with Gasteiger partial charge in [0.2, 0.25) is 0 Å². The first-order valence-electron chi connectivity index (χ1n) is 2.24. The van der Waals surface area contributed by atoms with Crippen molar-refractivity contribution in [3.8, 4) is 0 Å². The number of aromatic amines is 1. The number of halogens is 2. The standard InChI is InChI=1S/C5H3Cl2NO/c6-3-1-2-8-5(9)4(3)7/h1-2H,(H,8,9). The number of nitrogens with one attached hydrogen (secondary N) is 1. The zero-order valence-electron chi connectivity index (χ0n) is 4.32. The molecule has 0 aromatic carbocycles. The second-order valence-electron chi connectivity index (χ2n) is 1.47. The van der Waals surface area contributed by atoms with Gasteiger partial charge in [-0.05, 0) is 6.07 Å². The average Bonchev–Trinajstić information content (AvgIpc) is 1.83. The summed E-state index contributed by atoms with van der Waals surface area (Å²) in [5, 5.41) is 0.319. The number of rotatable bonds is 0. The van der Waals surface area contributed by atoms with E-state index in [-0.39, 0.29) is 15.6 Å². The predicted octanol–water partition coefficient (Wildman–Crippen LogP) is 1.68. The van der Waals surface area contributed by atoms with E-state index in [4.69, 9.17) is 23.2 Å². The van der Waals surface area contributed by atoms with Crippen molar-refractivity contribution >= 4 is 23.2 Å². The van der Waals surface area contributed by atoms with Crippen molar-refractivity contribution in [2.24, 2.45) is 0 Å². The Kier molecular flexibility index (Phi) is 1.78. The Morgan fingerprint density at radius 1 is 1.44 bits per heavy atom. The summed E-state index contributed by atoms with van der Waals surface area (Å²) in [5.74, 6) is 0. The van der Waals surface area contributed by atoms with E-state index in [0.717, 1.165) is 0 Å². The third-order valence-electron chi connectivity index (χ3n) is 0.853. The van der Waals surface area contributed by atoms with E-state index in [1.165, 1.54) is 12.3 Å². The molecule has 0 radical (unpaired) electrons. The van der Waals surface area contributed by atoms with Crippen LogP contribution in [0, 0.1) is 0 Å². The maximum absolute atomic E-state index is 10.6. The van der Waals surface area contributed by atoms with Gasteiger partial charge in [0.15, 0.2) is 0 Å². The average molecular weight is 164 g/mol. The first kappa shape index (κ1) is 6.65. The fraction of sp³-hybridized carbons (Fsp3) is 0. The van der Waals surface area contributed by atoms with Gasteiger partial charge in [0.05, 0.1) is 5.02 Å². The maximum atomic E-state index is 10.6. The molecule has 9 heavy (non-hydrogen) atoms. The molecule has 0 aliphatic carbocycles. The minimum atomic E-state index is -0.357. The molecule has 48 valence electrons. The Bertz CT molecular complexity index is 268. The van der Waals surface area contributed by atoms with Crippen LogP contribution in [-0.4, -0.2) is 4.98 Å². The van der Waals surface area contributed by atoms with Gasteiger partial charge in [-0.2, -0.15) is 0 Å². The molecule has 1 aromatic rings. The van der Waals surface area contributed by atoms with Crippen LogP contribution in [0.15, 0.2) is 17.1 Å². The molecule has 2 nitrogen and oxygen atoms in total. The highest BCUT2D eigenvalue weighted by molar-refractivity contribution is 6.41. The smallest absolute Gasteiger partial charge is 0.268 e. The Labute approximate surface area is 61.4 Å². The summed E-state index contributed by atoms with van der Waals surface area (Å²) in [5.41, 5.74) is -0.357. The fourth-order valence-corrected chi connectivity index (χ4v) is 0.702. The third-order valence-corrected chi connectivity index (χ3v) is 1.64. The van der Waals surface area contributed by atoms with E-state index in [2.05, 4.69) is 4.98 Å². The van der Waals surface area contributed by atoms with Crippen molar-refractivity contribution < 1.29 is 0 Å². The zero-order valence-corrected chi connectivity index (χ0v) is 5.83. The Morgan fingerprint density at radius 3 is 2.56 bits per heavy atom. The van der Waals surface area contributed by atoms with Crippen LogP contribution >= 0.6 is 23.2 Å². The minimum Gasteiger partial charge on any atom is -0.328 e. The number of aromatic nitrogens is 1. The molecule has 0 bridgehead atoms. The van der Waals surface area contributed by atoms with E-state index in [1.807, 2.05) is 0 Å². The van der Waals surface area contributed by atoms with Crippen LogP contribution in [-0.2, 0) is 0 Å². The molecule has 0 amide bonds. The molecule has 0 aliphatic heterocycles. The van der Waals surface area contributed by atoms with Gasteiger partial charge in [0, 0.05) is 6.20 Å². The molecule has 1 rings (SSSR count). The second kappa shape index (κ2) is 2.42. The lowest BCUT2D eigenvalue weighted by Crippen LogP contribution is -2.03. The van der Waals surface area contributed by atoms with Gasteiger partial charge in [-0.25, -0.2) is 0 Å². The summed E-state index contributed by atoms with van der Waals surface area (Å²) in [7, 11) is 0. The molecule has 0 atom stereocenters. The molecule has 0 saturated carbocycles. The molecule has 1 aromatic heterocycles. The summed E-state index contributed by atoms with van der Waals surface area (Å²) in [4.78, 5) is 12.9. The van der Waals surface area contributed by atoms with Crippen molar-refractivity contribution in [1.29, 1.82) is 0 Å². The van der Waals surface area contributed by atoms with Gasteiger partial charge in [-0.1, -0.05) is 23.2 Å².